The van der Waals surface area contributed by atoms with E-state index < -0.39 is 54.9 Å². The molecule has 0 aromatic carbocycles. The molecule has 7 N–H and O–H groups in total. The number of nitrogens with two attached hydrogens (primary N) is 1. The van der Waals surface area contributed by atoms with Gasteiger partial charge in [-0.3, -0.25) is 4.79 Å². The maximum absolute atomic E-state index is 11.5. The lowest BCUT2D eigenvalue weighted by Crippen LogP contribution is -2.54. The zero-order valence-corrected chi connectivity index (χ0v) is 9.26. The van der Waals surface area contributed by atoms with E-state index in [0.717, 1.165) is 0 Å². The maximum atomic E-state index is 11.5. The van der Waals surface area contributed by atoms with Gasteiger partial charge in [-0.25, -0.2) is 4.79 Å². The number of carbonyl (C=O) groups excluding carboxylic acids is 1. The Morgan fingerprint density at radius 1 is 1.56 bits per heavy atom. The number of carboxylic acid groups (broad SMARTS) is 1. The lowest BCUT2D eigenvalue weighted by Gasteiger charge is -2.27. The van der Waals surface area contributed by atoms with Gasteiger partial charge < -0.3 is 36.0 Å². The number of Topliss-reactive ketones (excluding diaryl/α,β-unsaturated/α-hetero) is 1. The predicted molar refractivity (Wildman–Crippen MR) is 54.2 cm³/mol. The summed E-state index contributed by atoms with van der Waals surface area (Å²) >= 11 is 0. The molecule has 0 radical (unpaired) electrons. The first-order chi connectivity index (χ1) is 8.23. The van der Waals surface area contributed by atoms with Crippen LogP contribution in [-0.4, -0.2) is 74.0 Å². The number of aliphatic hydroxyl groups excluding tert-OH is 3. The molecule has 1 aliphatic heterocycles. The fourth-order valence-electron chi connectivity index (χ4n) is 1.62. The van der Waals surface area contributed by atoms with Crippen molar-refractivity contribution in [3.05, 3.63) is 0 Å². The van der Waals surface area contributed by atoms with Gasteiger partial charge >= 0.3 is 5.97 Å². The molecule has 5 atom stereocenters. The van der Waals surface area contributed by atoms with Crippen molar-refractivity contribution in [2.75, 3.05) is 6.61 Å². The average molecular weight is 265 g/mol. The van der Waals surface area contributed by atoms with Crippen molar-refractivity contribution in [1.29, 1.82) is 0 Å². The van der Waals surface area contributed by atoms with E-state index >= 15 is 0 Å². The largest absolute Gasteiger partial charge is 0.477 e. The van der Waals surface area contributed by atoms with Crippen molar-refractivity contribution in [3.63, 3.8) is 0 Å². The SMILES string of the molecule is N[C@H]([C@H](O)[C@H](O)CO)[C@H]1O[C@@](O)(C(=O)O)CC1=O. The highest BCUT2D eigenvalue weighted by Crippen LogP contribution is 2.28. The number of hydrogen-bond donors (Lipinski definition) is 6. The van der Waals surface area contributed by atoms with Crippen molar-refractivity contribution in [2.45, 2.75) is 36.6 Å². The Bertz CT molecular complexity index is 347. The van der Waals surface area contributed by atoms with Crippen LogP contribution < -0.4 is 5.73 Å². The van der Waals surface area contributed by atoms with Crippen LogP contribution >= 0.6 is 0 Å². The van der Waals surface area contributed by atoms with Gasteiger partial charge in [-0.2, -0.15) is 0 Å². The van der Waals surface area contributed by atoms with Crippen LogP contribution in [0.4, 0.5) is 0 Å². The second-order valence-corrected chi connectivity index (χ2v) is 4.09. The van der Waals surface area contributed by atoms with Crippen LogP contribution in [0.15, 0.2) is 0 Å². The van der Waals surface area contributed by atoms with Crippen molar-refractivity contribution < 1.29 is 39.9 Å². The van der Waals surface area contributed by atoms with Crippen LogP contribution in [0.3, 0.4) is 0 Å². The number of carbonyl (C=O) groups is 2. The van der Waals surface area contributed by atoms with E-state index in [0.29, 0.717) is 0 Å². The fraction of sp³-hybridized carbons (Fsp3) is 0.778. The van der Waals surface area contributed by atoms with E-state index in [1.54, 1.807) is 0 Å². The van der Waals surface area contributed by atoms with Gasteiger partial charge in [0.05, 0.1) is 19.1 Å². The number of aliphatic carboxylic acids is 1. The van der Waals surface area contributed by atoms with Crippen LogP contribution in [0.2, 0.25) is 0 Å². The van der Waals surface area contributed by atoms with Gasteiger partial charge in [0.25, 0.3) is 5.79 Å². The predicted octanol–water partition coefficient (Wildman–Crippen LogP) is -3.84. The smallest absolute Gasteiger partial charge is 0.364 e. The van der Waals surface area contributed by atoms with E-state index in [4.69, 9.17) is 21.1 Å². The van der Waals surface area contributed by atoms with E-state index in [9.17, 15) is 19.8 Å². The first kappa shape index (κ1) is 15.0. The van der Waals surface area contributed by atoms with Gasteiger partial charge in [0.2, 0.25) is 0 Å². The van der Waals surface area contributed by atoms with Gasteiger partial charge in [-0.15, -0.1) is 0 Å². The molecule has 1 rings (SSSR count). The molecule has 0 unspecified atom stereocenters. The molecule has 0 spiro atoms. The topological polar surface area (TPSA) is 171 Å². The molecule has 0 amide bonds. The van der Waals surface area contributed by atoms with Crippen LogP contribution in [-0.2, 0) is 14.3 Å². The molecule has 1 saturated heterocycles. The molecule has 1 fully saturated rings. The van der Waals surface area contributed by atoms with Crippen LogP contribution in [0.25, 0.3) is 0 Å². The molecule has 104 valence electrons. The lowest BCUT2D eigenvalue weighted by atomic mass is 9.98. The Morgan fingerprint density at radius 2 is 2.11 bits per heavy atom. The monoisotopic (exact) mass is 265 g/mol. The Labute approximate surface area is 101 Å². The second-order valence-electron chi connectivity index (χ2n) is 4.09. The third-order valence-electron chi connectivity index (χ3n) is 2.71. The van der Waals surface area contributed by atoms with Crippen LogP contribution in [0, 0.1) is 0 Å². The summed E-state index contributed by atoms with van der Waals surface area (Å²) in [4.78, 5) is 22.1. The first-order valence-corrected chi connectivity index (χ1v) is 5.12. The minimum absolute atomic E-state index is 0.793. The van der Waals surface area contributed by atoms with Gasteiger partial charge in [-0.05, 0) is 0 Å². The fourth-order valence-corrected chi connectivity index (χ4v) is 1.62. The maximum Gasteiger partial charge on any atom is 0.364 e. The lowest BCUT2D eigenvalue weighted by molar-refractivity contribution is -0.221. The third-order valence-corrected chi connectivity index (χ3v) is 2.71. The van der Waals surface area contributed by atoms with E-state index in [2.05, 4.69) is 4.74 Å². The summed E-state index contributed by atoms with van der Waals surface area (Å²) in [7, 11) is 0. The molecule has 1 heterocycles. The molecular weight excluding hydrogens is 250 g/mol. The summed E-state index contributed by atoms with van der Waals surface area (Å²) in [5, 5.41) is 45.4. The third kappa shape index (κ3) is 2.66. The molecule has 0 aliphatic carbocycles. The quantitative estimate of drug-likeness (QED) is 0.291. The average Bonchev–Trinajstić information content (AvgIpc) is 2.63. The van der Waals surface area contributed by atoms with Gasteiger partial charge in [0, 0.05) is 0 Å². The molecule has 0 aromatic rings. The standard InChI is InChI=1S/C9H15NO8/c10-5(6(14)4(13)2-11)7-3(12)1-9(17,18-7)8(15)16/h4-7,11,13-14,17H,1-2,10H2,(H,15,16)/t4-,5-,6-,7+,9-/m1/s1. The summed E-state index contributed by atoms with van der Waals surface area (Å²) in [5.74, 6) is -5.23. The van der Waals surface area contributed by atoms with Gasteiger partial charge in [-0.1, -0.05) is 0 Å². The normalized spacial score (nSPS) is 33.2. The highest BCUT2D eigenvalue weighted by Gasteiger charge is 2.53. The molecular formula is C9H15NO8. The zero-order valence-electron chi connectivity index (χ0n) is 9.26. The summed E-state index contributed by atoms with van der Waals surface area (Å²) in [6.07, 6.45) is -5.67. The number of ketones is 1. The minimum Gasteiger partial charge on any atom is -0.477 e. The number of aliphatic hydroxyl groups is 4. The molecule has 18 heavy (non-hydrogen) atoms. The summed E-state index contributed by atoms with van der Waals surface area (Å²) in [6, 6.07) is -1.46. The Balaban J connectivity index is 2.80. The Morgan fingerprint density at radius 3 is 2.50 bits per heavy atom. The number of carboxylic acids is 1. The highest BCUT2D eigenvalue weighted by molar-refractivity contribution is 5.93. The molecule has 1 aliphatic rings. The zero-order chi connectivity index (χ0) is 14.1. The minimum atomic E-state index is -2.68. The Kier molecular flexibility index (Phi) is 4.37. The van der Waals surface area contributed by atoms with E-state index in [1.165, 1.54) is 0 Å². The van der Waals surface area contributed by atoms with Crippen LogP contribution in [0.1, 0.15) is 6.42 Å². The van der Waals surface area contributed by atoms with Crippen LogP contribution in [0.5, 0.6) is 0 Å². The molecule has 0 aromatic heterocycles. The van der Waals surface area contributed by atoms with Crippen molar-refractivity contribution >= 4 is 11.8 Å². The number of ether oxygens (including phenoxy) is 1. The van der Waals surface area contributed by atoms with Gasteiger partial charge in [0.1, 0.15) is 18.3 Å². The summed E-state index contributed by atoms with van der Waals surface area (Å²) in [6.45, 7) is -0.793. The van der Waals surface area contributed by atoms with Crippen molar-refractivity contribution in [3.8, 4) is 0 Å². The van der Waals surface area contributed by atoms with Crippen molar-refractivity contribution in [1.82, 2.24) is 0 Å². The molecule has 0 bridgehead atoms. The molecule has 9 nitrogen and oxygen atoms in total. The van der Waals surface area contributed by atoms with E-state index in [1.807, 2.05) is 0 Å². The highest BCUT2D eigenvalue weighted by atomic mass is 16.7. The van der Waals surface area contributed by atoms with Gasteiger partial charge in [0.15, 0.2) is 5.78 Å². The van der Waals surface area contributed by atoms with Crippen molar-refractivity contribution in [2.24, 2.45) is 5.73 Å². The van der Waals surface area contributed by atoms with E-state index in [-0.39, 0.29) is 0 Å². The molecule has 9 heteroatoms. The molecule has 0 saturated carbocycles. The second kappa shape index (κ2) is 5.26. The number of hydrogen-bond acceptors (Lipinski definition) is 8. The number of rotatable bonds is 5. The Hall–Kier alpha value is -1.10. The summed E-state index contributed by atoms with van der Waals surface area (Å²) < 4.78 is 4.63. The summed E-state index contributed by atoms with van der Waals surface area (Å²) in [5.41, 5.74) is 5.44. The first-order valence-electron chi connectivity index (χ1n) is 5.12.